The highest BCUT2D eigenvalue weighted by Gasteiger charge is 2.29. The van der Waals surface area contributed by atoms with Crippen LogP contribution in [0.2, 0.25) is 0 Å². The lowest BCUT2D eigenvalue weighted by atomic mass is 10.1. The predicted octanol–water partition coefficient (Wildman–Crippen LogP) is 1.88. The summed E-state index contributed by atoms with van der Waals surface area (Å²) in [5.41, 5.74) is 0.897. The standard InChI is InChI=1S/C18H24N2O6S/c1-4-25-16(22)12-20(13-21)18(24)27-19(3)15(17(23)26-5-2)11-14-9-7-6-8-10-14/h6-10,13,15H,4-5,11-12H2,1-3H3. The molecule has 0 radical (unpaired) electrons. The molecule has 0 aliphatic carbocycles. The van der Waals surface area contributed by atoms with E-state index in [0.29, 0.717) is 23.3 Å². The molecule has 0 fully saturated rings. The lowest BCUT2D eigenvalue weighted by molar-refractivity contribution is -0.147. The van der Waals surface area contributed by atoms with E-state index in [4.69, 9.17) is 9.47 Å². The zero-order chi connectivity index (χ0) is 20.2. The van der Waals surface area contributed by atoms with Crippen LogP contribution in [0.15, 0.2) is 30.3 Å². The van der Waals surface area contributed by atoms with Gasteiger partial charge in [0, 0.05) is 11.9 Å². The van der Waals surface area contributed by atoms with Crippen molar-refractivity contribution in [3.05, 3.63) is 35.9 Å². The van der Waals surface area contributed by atoms with Crippen LogP contribution >= 0.6 is 11.9 Å². The Bertz CT molecular complexity index is 640. The van der Waals surface area contributed by atoms with Crippen molar-refractivity contribution in [1.82, 2.24) is 9.21 Å². The maximum atomic E-state index is 12.3. The van der Waals surface area contributed by atoms with E-state index in [0.717, 1.165) is 5.56 Å². The second-order valence-corrected chi connectivity index (χ2v) is 6.51. The SMILES string of the molecule is CCOC(=O)CN(C=O)C(=O)SN(C)C(Cc1ccccc1)C(=O)OCC. The van der Waals surface area contributed by atoms with Crippen molar-refractivity contribution >= 4 is 35.5 Å². The molecule has 0 bridgehead atoms. The molecule has 0 heterocycles. The van der Waals surface area contributed by atoms with Gasteiger partial charge in [-0.15, -0.1) is 0 Å². The molecule has 1 unspecified atom stereocenters. The Morgan fingerprint density at radius 1 is 1.11 bits per heavy atom. The van der Waals surface area contributed by atoms with Crippen molar-refractivity contribution in [3.63, 3.8) is 0 Å². The van der Waals surface area contributed by atoms with Crippen LogP contribution in [-0.2, 0) is 30.3 Å². The number of hydrogen-bond donors (Lipinski definition) is 0. The first-order valence-electron chi connectivity index (χ1n) is 8.45. The van der Waals surface area contributed by atoms with E-state index in [2.05, 4.69) is 0 Å². The van der Waals surface area contributed by atoms with Crippen molar-refractivity contribution in [2.75, 3.05) is 26.8 Å². The van der Waals surface area contributed by atoms with E-state index >= 15 is 0 Å². The molecule has 148 valence electrons. The molecule has 1 atom stereocenters. The number of benzene rings is 1. The third-order valence-electron chi connectivity index (χ3n) is 3.46. The van der Waals surface area contributed by atoms with Crippen LogP contribution in [-0.4, -0.2) is 65.6 Å². The molecule has 8 nitrogen and oxygen atoms in total. The van der Waals surface area contributed by atoms with E-state index in [1.54, 1.807) is 20.9 Å². The number of rotatable bonds is 10. The van der Waals surface area contributed by atoms with Crippen molar-refractivity contribution in [3.8, 4) is 0 Å². The highest BCUT2D eigenvalue weighted by atomic mass is 32.2. The molecule has 27 heavy (non-hydrogen) atoms. The third-order valence-corrected chi connectivity index (χ3v) is 4.39. The van der Waals surface area contributed by atoms with Gasteiger partial charge in [0.2, 0.25) is 6.41 Å². The maximum absolute atomic E-state index is 12.3. The molecule has 0 saturated carbocycles. The summed E-state index contributed by atoms with van der Waals surface area (Å²) in [5, 5.41) is -0.692. The fraction of sp³-hybridized carbons (Fsp3) is 0.444. The van der Waals surface area contributed by atoms with Crippen molar-refractivity contribution in [2.24, 2.45) is 0 Å². The number of carbonyl (C=O) groups is 4. The quantitative estimate of drug-likeness (QED) is 0.336. The molecule has 0 N–H and O–H groups in total. The summed E-state index contributed by atoms with van der Waals surface area (Å²) in [7, 11) is 1.56. The predicted molar refractivity (Wildman–Crippen MR) is 101 cm³/mol. The van der Waals surface area contributed by atoms with Crippen LogP contribution in [0, 0.1) is 0 Å². The van der Waals surface area contributed by atoms with Crippen LogP contribution in [0.4, 0.5) is 4.79 Å². The second-order valence-electron chi connectivity index (χ2n) is 5.40. The summed E-state index contributed by atoms with van der Waals surface area (Å²) in [6.07, 6.45) is 0.589. The van der Waals surface area contributed by atoms with Crippen LogP contribution in [0.1, 0.15) is 19.4 Å². The van der Waals surface area contributed by atoms with Gasteiger partial charge < -0.3 is 9.47 Å². The fourth-order valence-electron chi connectivity index (χ4n) is 2.17. The van der Waals surface area contributed by atoms with Gasteiger partial charge in [0.15, 0.2) is 0 Å². The highest BCUT2D eigenvalue weighted by molar-refractivity contribution is 8.11. The Balaban J connectivity index is 2.82. The smallest absolute Gasteiger partial charge is 0.326 e. The van der Waals surface area contributed by atoms with E-state index < -0.39 is 29.8 Å². The highest BCUT2D eigenvalue weighted by Crippen LogP contribution is 2.20. The summed E-state index contributed by atoms with van der Waals surface area (Å²) in [4.78, 5) is 48.0. The van der Waals surface area contributed by atoms with Gasteiger partial charge in [0.1, 0.15) is 12.6 Å². The minimum Gasteiger partial charge on any atom is -0.465 e. The van der Waals surface area contributed by atoms with Crippen LogP contribution in [0.25, 0.3) is 0 Å². The molecule has 1 aromatic carbocycles. The molecule has 1 aromatic rings. The second kappa shape index (κ2) is 12.1. The zero-order valence-corrected chi connectivity index (χ0v) is 16.4. The topological polar surface area (TPSA) is 93.2 Å². The van der Waals surface area contributed by atoms with E-state index in [-0.39, 0.29) is 19.6 Å². The average molecular weight is 396 g/mol. The summed E-state index contributed by atoms with van der Waals surface area (Å²) in [6, 6.07) is 8.56. The van der Waals surface area contributed by atoms with Crippen LogP contribution in [0.3, 0.4) is 0 Å². The number of ether oxygens (including phenoxy) is 2. The summed E-state index contributed by atoms with van der Waals surface area (Å²) in [6.45, 7) is 3.19. The molecule has 2 amide bonds. The lowest BCUT2D eigenvalue weighted by Crippen LogP contribution is -2.41. The van der Waals surface area contributed by atoms with E-state index in [1.165, 1.54) is 4.31 Å². The van der Waals surface area contributed by atoms with Crippen LogP contribution in [0.5, 0.6) is 0 Å². The van der Waals surface area contributed by atoms with E-state index in [9.17, 15) is 19.2 Å². The van der Waals surface area contributed by atoms with Gasteiger partial charge in [0.25, 0.3) is 0 Å². The minimum absolute atomic E-state index is 0.148. The number of imide groups is 1. The number of nitrogens with zero attached hydrogens (tertiary/aromatic N) is 2. The van der Waals surface area contributed by atoms with Gasteiger partial charge in [-0.3, -0.25) is 24.1 Å². The molecule has 0 spiro atoms. The van der Waals surface area contributed by atoms with Crippen molar-refractivity contribution < 1.29 is 28.7 Å². The monoisotopic (exact) mass is 396 g/mol. The van der Waals surface area contributed by atoms with Gasteiger partial charge in [0.05, 0.1) is 13.2 Å². The largest absolute Gasteiger partial charge is 0.465 e. The first-order valence-corrected chi connectivity index (χ1v) is 9.23. The molecular formula is C18H24N2O6S. The Hall–Kier alpha value is -2.39. The van der Waals surface area contributed by atoms with Gasteiger partial charge in [-0.1, -0.05) is 30.3 Å². The minimum atomic E-state index is -0.739. The molecule has 0 aliphatic rings. The summed E-state index contributed by atoms with van der Waals surface area (Å²) in [5.74, 6) is -1.17. The van der Waals surface area contributed by atoms with Crippen molar-refractivity contribution in [1.29, 1.82) is 0 Å². The molecular weight excluding hydrogens is 372 g/mol. The lowest BCUT2D eigenvalue weighted by Gasteiger charge is -2.26. The first kappa shape index (κ1) is 22.7. The summed E-state index contributed by atoms with van der Waals surface area (Å²) < 4.78 is 11.3. The molecule has 1 rings (SSSR count). The van der Waals surface area contributed by atoms with Gasteiger partial charge >= 0.3 is 17.2 Å². The maximum Gasteiger partial charge on any atom is 0.326 e. The Labute approximate surface area is 162 Å². The number of carbonyl (C=O) groups excluding carboxylic acids is 4. The Morgan fingerprint density at radius 2 is 1.74 bits per heavy atom. The fourth-order valence-corrected chi connectivity index (χ4v) is 2.91. The summed E-state index contributed by atoms with van der Waals surface area (Å²) >= 11 is 0.654. The normalized spacial score (nSPS) is 11.6. The first-order chi connectivity index (χ1) is 12.9. The Kier molecular flexibility index (Phi) is 10.1. The molecule has 9 heteroatoms. The molecule has 0 aromatic heterocycles. The molecule has 0 aliphatic heterocycles. The van der Waals surface area contributed by atoms with Crippen LogP contribution < -0.4 is 0 Å². The molecule has 0 saturated heterocycles. The Morgan fingerprint density at radius 3 is 2.30 bits per heavy atom. The number of esters is 2. The van der Waals surface area contributed by atoms with Gasteiger partial charge in [-0.05, 0) is 32.9 Å². The third kappa shape index (κ3) is 7.79. The van der Waals surface area contributed by atoms with Crippen molar-refractivity contribution in [2.45, 2.75) is 26.3 Å². The average Bonchev–Trinajstić information content (AvgIpc) is 2.65. The van der Waals surface area contributed by atoms with Gasteiger partial charge in [-0.25, -0.2) is 4.31 Å². The zero-order valence-electron chi connectivity index (χ0n) is 15.6. The number of hydrogen-bond acceptors (Lipinski definition) is 8. The number of amides is 2. The van der Waals surface area contributed by atoms with Gasteiger partial charge in [-0.2, -0.15) is 0 Å². The van der Waals surface area contributed by atoms with E-state index in [1.807, 2.05) is 30.3 Å². The number of likely N-dealkylation sites (N-methyl/N-ethyl adjacent to an activating group) is 1.